The highest BCUT2D eigenvalue weighted by Crippen LogP contribution is 2.24. The number of ether oxygens (including phenoxy) is 1. The van der Waals surface area contributed by atoms with Gasteiger partial charge in [0.15, 0.2) is 0 Å². The topological polar surface area (TPSA) is 52.4 Å². The van der Waals surface area contributed by atoms with Gasteiger partial charge in [-0.05, 0) is 25.1 Å². The van der Waals surface area contributed by atoms with Gasteiger partial charge in [-0.2, -0.15) is 0 Å². The third-order valence-electron chi connectivity index (χ3n) is 2.66. The number of aryl methyl sites for hydroxylation is 1. The highest BCUT2D eigenvalue weighted by atomic mass is 35.5. The molecule has 0 aliphatic heterocycles. The smallest absolute Gasteiger partial charge is 0.270 e. The summed E-state index contributed by atoms with van der Waals surface area (Å²) in [4.78, 5) is 10.1. The fourth-order valence-electron chi connectivity index (χ4n) is 1.56. The average Bonchev–Trinajstić information content (AvgIpc) is 2.39. The number of benzene rings is 2. The third kappa shape index (κ3) is 3.45. The van der Waals surface area contributed by atoms with Crippen molar-refractivity contribution in [3.05, 3.63) is 68.7 Å². The molecular formula is C14H12ClNO3. The first-order valence-corrected chi connectivity index (χ1v) is 6.06. The van der Waals surface area contributed by atoms with Crippen LogP contribution in [0.25, 0.3) is 0 Å². The zero-order valence-corrected chi connectivity index (χ0v) is 11.1. The van der Waals surface area contributed by atoms with E-state index in [0.29, 0.717) is 10.6 Å². The molecule has 0 N–H and O–H groups in total. The highest BCUT2D eigenvalue weighted by Gasteiger charge is 2.09. The molecule has 0 amide bonds. The molecule has 2 aromatic rings. The molecule has 4 nitrogen and oxygen atoms in total. The van der Waals surface area contributed by atoms with Crippen molar-refractivity contribution in [2.45, 2.75) is 13.5 Å². The van der Waals surface area contributed by atoms with Crippen LogP contribution in [-0.2, 0) is 6.61 Å². The van der Waals surface area contributed by atoms with Gasteiger partial charge in [-0.25, -0.2) is 0 Å². The molecule has 0 radical (unpaired) electrons. The van der Waals surface area contributed by atoms with Crippen LogP contribution in [0.4, 0.5) is 5.69 Å². The summed E-state index contributed by atoms with van der Waals surface area (Å²) in [5.74, 6) is 0.736. The lowest BCUT2D eigenvalue weighted by Gasteiger charge is -2.08. The molecule has 0 saturated carbocycles. The number of halogens is 1. The van der Waals surface area contributed by atoms with Crippen LogP contribution in [0.1, 0.15) is 11.1 Å². The van der Waals surface area contributed by atoms with Crippen molar-refractivity contribution >= 4 is 17.3 Å². The lowest BCUT2D eigenvalue weighted by atomic mass is 10.2. The Balaban J connectivity index is 2.07. The van der Waals surface area contributed by atoms with Crippen molar-refractivity contribution < 1.29 is 9.66 Å². The molecule has 19 heavy (non-hydrogen) atoms. The second kappa shape index (κ2) is 5.71. The van der Waals surface area contributed by atoms with E-state index in [9.17, 15) is 10.1 Å². The molecule has 0 unspecified atom stereocenters. The standard InChI is InChI=1S/C14H12ClNO3/c1-10-2-6-13(7-3-10)19-9-11-4-5-12(16(17)18)8-14(11)15/h2-8H,9H2,1H3. The third-order valence-corrected chi connectivity index (χ3v) is 3.01. The summed E-state index contributed by atoms with van der Waals surface area (Å²) < 4.78 is 5.57. The van der Waals surface area contributed by atoms with E-state index in [0.717, 1.165) is 11.3 Å². The second-order valence-corrected chi connectivity index (χ2v) is 4.54. The Morgan fingerprint density at radius 2 is 1.89 bits per heavy atom. The zero-order valence-electron chi connectivity index (χ0n) is 10.3. The number of hydrogen-bond donors (Lipinski definition) is 0. The fraction of sp³-hybridized carbons (Fsp3) is 0.143. The summed E-state index contributed by atoms with van der Waals surface area (Å²) in [6, 6.07) is 12.0. The van der Waals surface area contributed by atoms with Crippen molar-refractivity contribution in [2.75, 3.05) is 0 Å². The Hall–Kier alpha value is -2.07. The SMILES string of the molecule is Cc1ccc(OCc2ccc([N+](=O)[O-])cc2Cl)cc1. The van der Waals surface area contributed by atoms with Crippen LogP contribution in [0.15, 0.2) is 42.5 Å². The number of hydrogen-bond acceptors (Lipinski definition) is 3. The summed E-state index contributed by atoms with van der Waals surface area (Å²) in [6.07, 6.45) is 0. The van der Waals surface area contributed by atoms with E-state index in [1.807, 2.05) is 31.2 Å². The minimum absolute atomic E-state index is 0.0240. The fourth-order valence-corrected chi connectivity index (χ4v) is 1.79. The van der Waals surface area contributed by atoms with Gasteiger partial charge in [0.1, 0.15) is 12.4 Å². The summed E-state index contributed by atoms with van der Waals surface area (Å²) in [5, 5.41) is 10.9. The quantitative estimate of drug-likeness (QED) is 0.623. The Kier molecular flexibility index (Phi) is 4.02. The number of rotatable bonds is 4. The minimum atomic E-state index is -0.476. The van der Waals surface area contributed by atoms with Gasteiger partial charge in [-0.3, -0.25) is 10.1 Å². The molecule has 0 fully saturated rings. The monoisotopic (exact) mass is 277 g/mol. The Morgan fingerprint density at radius 1 is 1.21 bits per heavy atom. The Labute approximate surface area is 115 Å². The first-order chi connectivity index (χ1) is 9.06. The van der Waals surface area contributed by atoms with E-state index in [1.54, 1.807) is 6.07 Å². The molecular weight excluding hydrogens is 266 g/mol. The van der Waals surface area contributed by atoms with Gasteiger partial charge in [0.25, 0.3) is 5.69 Å². The second-order valence-electron chi connectivity index (χ2n) is 4.13. The van der Waals surface area contributed by atoms with E-state index in [-0.39, 0.29) is 12.3 Å². The predicted octanol–water partition coefficient (Wildman–Crippen LogP) is 4.14. The van der Waals surface area contributed by atoms with E-state index >= 15 is 0 Å². The first-order valence-electron chi connectivity index (χ1n) is 5.68. The molecule has 2 rings (SSSR count). The summed E-state index contributed by atoms with van der Waals surface area (Å²) in [6.45, 7) is 2.27. The lowest BCUT2D eigenvalue weighted by Crippen LogP contribution is -1.97. The molecule has 0 aromatic heterocycles. The van der Waals surface area contributed by atoms with Crippen LogP contribution in [0.2, 0.25) is 5.02 Å². The number of nitro benzene ring substituents is 1. The maximum atomic E-state index is 10.6. The molecule has 0 bridgehead atoms. The van der Waals surface area contributed by atoms with E-state index in [1.165, 1.54) is 12.1 Å². The normalized spacial score (nSPS) is 10.2. The van der Waals surface area contributed by atoms with Crippen LogP contribution in [-0.4, -0.2) is 4.92 Å². The number of nitrogens with zero attached hydrogens (tertiary/aromatic N) is 1. The highest BCUT2D eigenvalue weighted by molar-refractivity contribution is 6.31. The summed E-state index contributed by atoms with van der Waals surface area (Å²) in [7, 11) is 0. The van der Waals surface area contributed by atoms with Gasteiger partial charge in [-0.1, -0.05) is 29.3 Å². The Bertz CT molecular complexity index is 596. The van der Waals surface area contributed by atoms with Crippen molar-refractivity contribution in [2.24, 2.45) is 0 Å². The molecule has 0 saturated heterocycles. The average molecular weight is 278 g/mol. The zero-order chi connectivity index (χ0) is 13.8. The van der Waals surface area contributed by atoms with Gasteiger partial charge >= 0.3 is 0 Å². The molecule has 0 aliphatic carbocycles. The van der Waals surface area contributed by atoms with Crippen LogP contribution in [0.5, 0.6) is 5.75 Å². The molecule has 0 heterocycles. The lowest BCUT2D eigenvalue weighted by molar-refractivity contribution is -0.384. The van der Waals surface area contributed by atoms with Crippen molar-refractivity contribution in [3.8, 4) is 5.75 Å². The molecule has 0 aliphatic rings. The van der Waals surface area contributed by atoms with Crippen LogP contribution in [0, 0.1) is 17.0 Å². The molecule has 0 spiro atoms. The van der Waals surface area contributed by atoms with E-state index in [4.69, 9.17) is 16.3 Å². The molecule has 2 aromatic carbocycles. The van der Waals surface area contributed by atoms with Crippen molar-refractivity contribution in [3.63, 3.8) is 0 Å². The van der Waals surface area contributed by atoms with Gasteiger partial charge in [0.05, 0.1) is 9.95 Å². The summed E-state index contributed by atoms with van der Waals surface area (Å²) in [5.41, 5.74) is 1.85. The first kappa shape index (κ1) is 13.4. The van der Waals surface area contributed by atoms with Gasteiger partial charge in [0, 0.05) is 17.7 Å². The largest absolute Gasteiger partial charge is 0.489 e. The molecule has 0 atom stereocenters. The molecule has 5 heteroatoms. The van der Waals surface area contributed by atoms with Crippen LogP contribution >= 0.6 is 11.6 Å². The Morgan fingerprint density at radius 3 is 2.47 bits per heavy atom. The van der Waals surface area contributed by atoms with Crippen molar-refractivity contribution in [1.29, 1.82) is 0 Å². The predicted molar refractivity (Wildman–Crippen MR) is 73.6 cm³/mol. The van der Waals surface area contributed by atoms with E-state index in [2.05, 4.69) is 0 Å². The number of non-ortho nitro benzene ring substituents is 1. The van der Waals surface area contributed by atoms with Gasteiger partial charge < -0.3 is 4.74 Å². The van der Waals surface area contributed by atoms with E-state index < -0.39 is 4.92 Å². The van der Waals surface area contributed by atoms with Crippen LogP contribution in [0.3, 0.4) is 0 Å². The van der Waals surface area contributed by atoms with Crippen molar-refractivity contribution in [1.82, 2.24) is 0 Å². The maximum absolute atomic E-state index is 10.6. The minimum Gasteiger partial charge on any atom is -0.489 e. The molecule has 98 valence electrons. The van der Waals surface area contributed by atoms with Crippen LogP contribution < -0.4 is 4.74 Å². The van der Waals surface area contributed by atoms with Gasteiger partial charge in [-0.15, -0.1) is 0 Å². The van der Waals surface area contributed by atoms with Gasteiger partial charge in [0.2, 0.25) is 0 Å². The summed E-state index contributed by atoms with van der Waals surface area (Å²) >= 11 is 5.98. The maximum Gasteiger partial charge on any atom is 0.270 e. The number of nitro groups is 1.